The van der Waals surface area contributed by atoms with Crippen LogP contribution in [0.15, 0.2) is 23.5 Å². The van der Waals surface area contributed by atoms with Crippen LogP contribution in [0, 0.1) is 39.4 Å². The molecule has 5 rings (SSSR count). The van der Waals surface area contributed by atoms with E-state index in [0.717, 1.165) is 0 Å². The van der Waals surface area contributed by atoms with Gasteiger partial charge >= 0.3 is 0 Å². The molecule has 0 amide bonds. The molecule has 0 bridgehead atoms. The van der Waals surface area contributed by atoms with Crippen molar-refractivity contribution in [2.45, 2.75) is 135 Å². The highest BCUT2D eigenvalue weighted by molar-refractivity contribution is 6.02. The van der Waals surface area contributed by atoms with Crippen LogP contribution in [0.4, 0.5) is 0 Å². The van der Waals surface area contributed by atoms with Crippen LogP contribution in [-0.2, 0) is 23.9 Å². The maximum Gasteiger partial charge on any atom is 0.229 e. The predicted molar refractivity (Wildman–Crippen MR) is 172 cm³/mol. The first kappa shape index (κ1) is 38.2. The molecule has 14 unspecified atom stereocenters. The highest BCUT2D eigenvalue weighted by Gasteiger charge is 2.76. The Morgan fingerprint density at radius 2 is 1.55 bits per heavy atom. The van der Waals surface area contributed by atoms with E-state index >= 15 is 0 Å². The van der Waals surface area contributed by atoms with Gasteiger partial charge in [0.05, 0.1) is 29.8 Å². The Morgan fingerprint density at radius 3 is 2.12 bits per heavy atom. The fraction of sp³-hybridized carbons (Fsp3) is 0.806. The molecule has 0 radical (unpaired) electrons. The van der Waals surface area contributed by atoms with Gasteiger partial charge in [0.15, 0.2) is 11.5 Å². The molecule has 0 spiro atoms. The molecule has 13 nitrogen and oxygen atoms in total. The zero-order chi connectivity index (χ0) is 37.0. The van der Waals surface area contributed by atoms with Crippen molar-refractivity contribution >= 4 is 17.3 Å². The van der Waals surface area contributed by atoms with Gasteiger partial charge in [0.2, 0.25) is 12.1 Å². The Morgan fingerprint density at radius 1 is 0.939 bits per heavy atom. The molecular weight excluding hydrogens is 640 g/mol. The van der Waals surface area contributed by atoms with Crippen molar-refractivity contribution in [3.05, 3.63) is 23.5 Å². The fourth-order valence-electron chi connectivity index (χ4n) is 10.3. The molecule has 1 aliphatic heterocycles. The van der Waals surface area contributed by atoms with Gasteiger partial charge < -0.3 is 50.3 Å². The summed E-state index contributed by atoms with van der Waals surface area (Å²) < 4.78 is 11.4. The number of rotatable bonds is 8. The highest BCUT2D eigenvalue weighted by atomic mass is 16.7. The summed E-state index contributed by atoms with van der Waals surface area (Å²) in [5.41, 5.74) is -7.59. The van der Waals surface area contributed by atoms with Crippen LogP contribution in [0.5, 0.6) is 0 Å². The average molecular weight is 695 g/mol. The SMILES string of the molecule is CC(C)(O)CCC(=O)C(C)(O)C1C(O)CC2(C)C3C(O)C=C4C(C=C(OC5OC(CO)C(O)C(O)C5O)C(=O)C4(C)C)C3(C)C(=O)CC12C. The minimum absolute atomic E-state index is 0.0594. The quantitative estimate of drug-likeness (QED) is 0.158. The van der Waals surface area contributed by atoms with Gasteiger partial charge in [0.1, 0.15) is 35.8 Å². The Hall–Kier alpha value is -2.07. The number of aliphatic hydroxyl groups is 8. The van der Waals surface area contributed by atoms with Crippen LogP contribution < -0.4 is 0 Å². The number of allylic oxidation sites excluding steroid dienone is 3. The van der Waals surface area contributed by atoms with E-state index in [4.69, 9.17) is 9.47 Å². The van der Waals surface area contributed by atoms with Gasteiger partial charge in [-0.2, -0.15) is 0 Å². The van der Waals surface area contributed by atoms with E-state index in [2.05, 4.69) is 0 Å². The van der Waals surface area contributed by atoms with E-state index in [-0.39, 0.29) is 37.2 Å². The van der Waals surface area contributed by atoms with Crippen LogP contribution in [0.3, 0.4) is 0 Å². The minimum Gasteiger partial charge on any atom is -0.459 e. The molecule has 1 saturated heterocycles. The summed E-state index contributed by atoms with van der Waals surface area (Å²) in [5.74, 6) is -4.42. The molecule has 4 aliphatic carbocycles. The van der Waals surface area contributed by atoms with Gasteiger partial charge in [0, 0.05) is 36.0 Å². The van der Waals surface area contributed by atoms with Crippen molar-refractivity contribution in [1.29, 1.82) is 0 Å². The summed E-state index contributed by atoms with van der Waals surface area (Å²) >= 11 is 0. The number of fused-ring (bicyclic) bond motifs is 5. The number of carbonyl (C=O) groups excluding carboxylic acids is 3. The Labute approximate surface area is 286 Å². The number of Topliss-reactive ketones (excluding diaryl/α,β-unsaturated/α-hetero) is 3. The first-order chi connectivity index (χ1) is 22.3. The van der Waals surface area contributed by atoms with E-state index in [9.17, 15) is 55.2 Å². The first-order valence-electron chi connectivity index (χ1n) is 17.1. The topological polar surface area (TPSA) is 232 Å². The molecule has 49 heavy (non-hydrogen) atoms. The predicted octanol–water partition coefficient (Wildman–Crippen LogP) is 0.0727. The Bertz CT molecular complexity index is 1440. The number of carbonyl (C=O) groups is 3. The van der Waals surface area contributed by atoms with Crippen molar-refractivity contribution in [3.8, 4) is 0 Å². The van der Waals surface area contributed by atoms with Crippen molar-refractivity contribution < 1.29 is 64.7 Å². The standard InChI is InChI=1S/C36H54O13/c1-31(2,46)10-9-22(40)36(8,47)28-19(39)13-33(5)27-18(38)11-16-17(35(27,7)23(41)14-34(28,33)6)12-20(29(45)32(16,3)4)48-30-26(44)25(43)24(42)21(15-37)49-30/h11-12,17-19,21,24-28,30,37-39,42-44,46-47H,9-10,13-15H2,1-8H3. The molecule has 5 aliphatic rings. The third-order valence-electron chi connectivity index (χ3n) is 13.2. The molecule has 1 heterocycles. The maximum absolute atomic E-state index is 14.7. The van der Waals surface area contributed by atoms with Crippen molar-refractivity contribution in [2.24, 2.45) is 39.4 Å². The maximum atomic E-state index is 14.7. The van der Waals surface area contributed by atoms with Crippen LogP contribution >= 0.6 is 0 Å². The molecule has 14 atom stereocenters. The van der Waals surface area contributed by atoms with Crippen LogP contribution in [-0.4, -0.2) is 119 Å². The fourth-order valence-corrected chi connectivity index (χ4v) is 10.3. The number of aliphatic hydroxyl groups excluding tert-OH is 6. The molecule has 0 aromatic rings. The van der Waals surface area contributed by atoms with Crippen molar-refractivity contribution in [2.75, 3.05) is 6.61 Å². The second-order valence-electron chi connectivity index (χ2n) is 17.2. The lowest BCUT2D eigenvalue weighted by atomic mass is 9.38. The zero-order valence-electron chi connectivity index (χ0n) is 29.6. The second kappa shape index (κ2) is 12.0. The molecule has 0 aromatic carbocycles. The number of ether oxygens (including phenoxy) is 2. The molecule has 13 heteroatoms. The zero-order valence-corrected chi connectivity index (χ0v) is 29.6. The summed E-state index contributed by atoms with van der Waals surface area (Å²) in [6, 6.07) is 0. The smallest absolute Gasteiger partial charge is 0.229 e. The van der Waals surface area contributed by atoms with Crippen molar-refractivity contribution in [3.63, 3.8) is 0 Å². The summed E-state index contributed by atoms with van der Waals surface area (Å²) in [7, 11) is 0. The van der Waals surface area contributed by atoms with E-state index in [1.54, 1.807) is 47.6 Å². The third kappa shape index (κ3) is 5.50. The lowest BCUT2D eigenvalue weighted by Crippen LogP contribution is -2.67. The van der Waals surface area contributed by atoms with Crippen LogP contribution in [0.25, 0.3) is 0 Å². The van der Waals surface area contributed by atoms with E-state index in [0.29, 0.717) is 5.57 Å². The molecule has 276 valence electrons. The van der Waals surface area contributed by atoms with E-state index < -0.39 is 112 Å². The monoisotopic (exact) mass is 694 g/mol. The second-order valence-corrected chi connectivity index (χ2v) is 17.2. The lowest BCUT2D eigenvalue weighted by Gasteiger charge is -2.64. The molecular formula is C36H54O13. The van der Waals surface area contributed by atoms with Gasteiger partial charge in [0.25, 0.3) is 0 Å². The first-order valence-corrected chi connectivity index (χ1v) is 17.1. The number of hydrogen-bond acceptors (Lipinski definition) is 13. The molecule has 2 saturated carbocycles. The largest absolute Gasteiger partial charge is 0.459 e. The molecule has 0 aromatic heterocycles. The summed E-state index contributed by atoms with van der Waals surface area (Å²) in [5, 5.41) is 86.5. The number of ketones is 3. The van der Waals surface area contributed by atoms with Gasteiger partial charge in [-0.1, -0.05) is 32.4 Å². The van der Waals surface area contributed by atoms with Crippen LogP contribution in [0.1, 0.15) is 81.1 Å². The van der Waals surface area contributed by atoms with Gasteiger partial charge in [-0.15, -0.1) is 0 Å². The third-order valence-corrected chi connectivity index (χ3v) is 13.2. The van der Waals surface area contributed by atoms with E-state index in [1.165, 1.54) is 13.0 Å². The summed E-state index contributed by atoms with van der Waals surface area (Å²) in [6.45, 7) is 12.3. The lowest BCUT2D eigenvalue weighted by molar-refractivity contribution is -0.291. The van der Waals surface area contributed by atoms with E-state index in [1.807, 2.05) is 6.92 Å². The van der Waals surface area contributed by atoms with Crippen molar-refractivity contribution in [1.82, 2.24) is 0 Å². The molecule has 3 fully saturated rings. The summed E-state index contributed by atoms with van der Waals surface area (Å²) in [4.78, 5) is 42.1. The van der Waals surface area contributed by atoms with Gasteiger partial charge in [-0.25, -0.2) is 0 Å². The Kier molecular flexibility index (Phi) is 9.34. The average Bonchev–Trinajstić information content (AvgIpc) is 3.19. The number of hydrogen-bond donors (Lipinski definition) is 8. The Balaban J connectivity index is 1.57. The highest BCUT2D eigenvalue weighted by Crippen LogP contribution is 2.74. The summed E-state index contributed by atoms with van der Waals surface area (Å²) in [6.07, 6.45) is -7.68. The van der Waals surface area contributed by atoms with Gasteiger partial charge in [-0.05, 0) is 64.4 Å². The normalized spacial score (nSPS) is 46.1. The molecule has 8 N–H and O–H groups in total. The van der Waals surface area contributed by atoms with Crippen LogP contribution in [0.2, 0.25) is 0 Å². The van der Waals surface area contributed by atoms with Gasteiger partial charge in [-0.3, -0.25) is 14.4 Å². The minimum atomic E-state index is -2.06.